The Morgan fingerprint density at radius 2 is 1.81 bits per heavy atom. The fourth-order valence-electron chi connectivity index (χ4n) is 3.01. The van der Waals surface area contributed by atoms with Gasteiger partial charge in [0.05, 0.1) is 19.3 Å². The van der Waals surface area contributed by atoms with E-state index in [4.69, 9.17) is 13.9 Å². The molecule has 2 heterocycles. The number of carbonyl (C=O) groups excluding carboxylic acids is 1. The Balaban J connectivity index is 1.45. The summed E-state index contributed by atoms with van der Waals surface area (Å²) in [5, 5.41) is 11.2. The molecule has 0 bridgehead atoms. The fourth-order valence-corrected chi connectivity index (χ4v) is 3.01. The highest BCUT2D eigenvalue weighted by atomic mass is 16.5. The van der Waals surface area contributed by atoms with Crippen molar-refractivity contribution in [2.45, 2.75) is 13.5 Å². The van der Waals surface area contributed by atoms with Crippen LogP contribution in [0.15, 0.2) is 77.2 Å². The second-order valence-electron chi connectivity index (χ2n) is 6.79. The summed E-state index contributed by atoms with van der Waals surface area (Å²) in [5.41, 5.74) is 1.93. The van der Waals surface area contributed by atoms with Gasteiger partial charge in [-0.3, -0.25) is 4.79 Å². The number of hydrogen-bond donors (Lipinski definition) is 1. The fraction of sp³-hybridized carbons (Fsp3) is 0.125. The van der Waals surface area contributed by atoms with Crippen molar-refractivity contribution in [2.75, 3.05) is 7.11 Å². The van der Waals surface area contributed by atoms with Crippen LogP contribution in [0.1, 0.15) is 21.9 Å². The molecule has 7 nitrogen and oxygen atoms in total. The van der Waals surface area contributed by atoms with Gasteiger partial charge in [-0.05, 0) is 49.4 Å². The molecule has 0 atom stereocenters. The van der Waals surface area contributed by atoms with Gasteiger partial charge in [-0.25, -0.2) is 0 Å². The average molecular weight is 415 g/mol. The molecule has 4 rings (SSSR count). The number of para-hydroxylation sites is 2. The maximum atomic E-state index is 12.5. The summed E-state index contributed by atoms with van der Waals surface area (Å²) in [6.07, 6.45) is 0. The molecule has 0 unspecified atom stereocenters. The van der Waals surface area contributed by atoms with E-state index in [1.165, 1.54) is 0 Å². The van der Waals surface area contributed by atoms with E-state index in [-0.39, 0.29) is 5.91 Å². The molecule has 0 saturated carbocycles. The maximum Gasteiger partial charge on any atom is 0.251 e. The lowest BCUT2D eigenvalue weighted by atomic mass is 10.1. The van der Waals surface area contributed by atoms with E-state index >= 15 is 0 Å². The van der Waals surface area contributed by atoms with Crippen LogP contribution >= 0.6 is 0 Å². The number of aryl methyl sites for hydroxylation is 1. The third-order valence-corrected chi connectivity index (χ3v) is 4.56. The molecule has 0 saturated heterocycles. The minimum absolute atomic E-state index is 0.194. The van der Waals surface area contributed by atoms with Crippen molar-refractivity contribution in [3.63, 3.8) is 0 Å². The second kappa shape index (κ2) is 9.13. The first-order valence-electron chi connectivity index (χ1n) is 9.71. The summed E-state index contributed by atoms with van der Waals surface area (Å²) in [6, 6.07) is 21.7. The van der Waals surface area contributed by atoms with Gasteiger partial charge >= 0.3 is 0 Å². The van der Waals surface area contributed by atoms with Gasteiger partial charge in [0.1, 0.15) is 11.5 Å². The number of hydrogen-bond acceptors (Lipinski definition) is 6. The Hall–Kier alpha value is -4.13. The minimum Gasteiger partial charge on any atom is -0.493 e. The molecule has 1 amide bonds. The van der Waals surface area contributed by atoms with Gasteiger partial charge in [-0.1, -0.05) is 24.3 Å². The predicted octanol–water partition coefficient (Wildman–Crippen LogP) is 4.78. The topological polar surface area (TPSA) is 86.5 Å². The van der Waals surface area contributed by atoms with Crippen molar-refractivity contribution < 1.29 is 18.7 Å². The molecule has 7 heteroatoms. The quantitative estimate of drug-likeness (QED) is 0.468. The van der Waals surface area contributed by atoms with Gasteiger partial charge in [-0.2, -0.15) is 0 Å². The summed E-state index contributed by atoms with van der Waals surface area (Å²) in [6.45, 7) is 2.19. The number of nitrogens with one attached hydrogen (secondary N) is 1. The number of benzene rings is 2. The van der Waals surface area contributed by atoms with Gasteiger partial charge in [0.25, 0.3) is 5.91 Å². The predicted molar refractivity (Wildman–Crippen MR) is 115 cm³/mol. The SMILES string of the molecule is COc1ccccc1Oc1ccc(-c2cccc(C(=O)NCc3ccc(C)o3)c2)nn1. The third-order valence-electron chi connectivity index (χ3n) is 4.56. The van der Waals surface area contributed by atoms with Crippen LogP contribution in [-0.2, 0) is 6.54 Å². The van der Waals surface area contributed by atoms with Crippen molar-refractivity contribution in [3.05, 3.63) is 89.9 Å². The molecule has 0 radical (unpaired) electrons. The molecule has 0 aliphatic rings. The van der Waals surface area contributed by atoms with Gasteiger partial charge < -0.3 is 19.2 Å². The summed E-state index contributed by atoms with van der Waals surface area (Å²) in [4.78, 5) is 12.5. The summed E-state index contributed by atoms with van der Waals surface area (Å²) in [5.74, 6) is 2.83. The van der Waals surface area contributed by atoms with Crippen LogP contribution in [0.4, 0.5) is 0 Å². The highest BCUT2D eigenvalue weighted by Gasteiger charge is 2.10. The van der Waals surface area contributed by atoms with E-state index in [1.54, 1.807) is 43.5 Å². The molecule has 156 valence electrons. The molecular formula is C24H21N3O4. The Bertz CT molecular complexity index is 1190. The third kappa shape index (κ3) is 4.90. The summed E-state index contributed by atoms with van der Waals surface area (Å²) < 4.78 is 16.5. The van der Waals surface area contributed by atoms with Gasteiger partial charge in [0.15, 0.2) is 11.5 Å². The highest BCUT2D eigenvalue weighted by Crippen LogP contribution is 2.30. The van der Waals surface area contributed by atoms with E-state index in [2.05, 4.69) is 15.5 Å². The second-order valence-corrected chi connectivity index (χ2v) is 6.79. The van der Waals surface area contributed by atoms with Crippen molar-refractivity contribution in [2.24, 2.45) is 0 Å². The smallest absolute Gasteiger partial charge is 0.251 e. The van der Waals surface area contributed by atoms with Crippen molar-refractivity contribution >= 4 is 5.91 Å². The highest BCUT2D eigenvalue weighted by molar-refractivity contribution is 5.95. The van der Waals surface area contributed by atoms with Crippen LogP contribution in [0.2, 0.25) is 0 Å². The van der Waals surface area contributed by atoms with Crippen LogP contribution < -0.4 is 14.8 Å². The first-order chi connectivity index (χ1) is 15.1. The molecule has 4 aromatic rings. The zero-order valence-electron chi connectivity index (χ0n) is 17.2. The Kier molecular flexibility index (Phi) is 5.93. The van der Waals surface area contributed by atoms with E-state index in [0.717, 1.165) is 11.3 Å². The zero-order valence-corrected chi connectivity index (χ0v) is 17.2. The lowest BCUT2D eigenvalue weighted by Crippen LogP contribution is -2.22. The monoisotopic (exact) mass is 415 g/mol. The largest absolute Gasteiger partial charge is 0.493 e. The van der Waals surface area contributed by atoms with Crippen LogP contribution in [-0.4, -0.2) is 23.2 Å². The first kappa shape index (κ1) is 20.2. The first-order valence-corrected chi connectivity index (χ1v) is 9.71. The van der Waals surface area contributed by atoms with Crippen molar-refractivity contribution in [3.8, 4) is 28.6 Å². The molecule has 31 heavy (non-hydrogen) atoms. The zero-order chi connectivity index (χ0) is 21.6. The summed E-state index contributed by atoms with van der Waals surface area (Å²) >= 11 is 0. The molecule has 2 aromatic carbocycles. The Morgan fingerprint density at radius 1 is 0.968 bits per heavy atom. The van der Waals surface area contributed by atoms with E-state index in [1.807, 2.05) is 43.3 Å². The number of methoxy groups -OCH3 is 1. The standard InChI is InChI=1S/C24H21N3O4/c1-16-10-11-19(30-16)15-25-24(28)18-7-5-6-17(14-18)20-12-13-23(27-26-20)31-22-9-4-3-8-21(22)29-2/h3-14H,15H2,1-2H3,(H,25,28). The minimum atomic E-state index is -0.194. The number of aromatic nitrogens is 2. The van der Waals surface area contributed by atoms with E-state index in [9.17, 15) is 4.79 Å². The number of carbonyl (C=O) groups is 1. The molecule has 0 fully saturated rings. The lowest BCUT2D eigenvalue weighted by Gasteiger charge is -2.09. The van der Waals surface area contributed by atoms with E-state index < -0.39 is 0 Å². The Labute approximate surface area is 179 Å². The molecule has 1 N–H and O–H groups in total. The Morgan fingerprint density at radius 3 is 2.52 bits per heavy atom. The lowest BCUT2D eigenvalue weighted by molar-refractivity contribution is 0.0948. The average Bonchev–Trinajstić information content (AvgIpc) is 3.23. The van der Waals surface area contributed by atoms with Crippen molar-refractivity contribution in [1.29, 1.82) is 0 Å². The van der Waals surface area contributed by atoms with E-state index in [0.29, 0.717) is 40.9 Å². The maximum absolute atomic E-state index is 12.5. The van der Waals surface area contributed by atoms with Crippen LogP contribution in [0.25, 0.3) is 11.3 Å². The summed E-state index contributed by atoms with van der Waals surface area (Å²) in [7, 11) is 1.58. The van der Waals surface area contributed by atoms with Crippen molar-refractivity contribution in [1.82, 2.24) is 15.5 Å². The van der Waals surface area contributed by atoms with Crippen LogP contribution in [0, 0.1) is 6.92 Å². The molecular weight excluding hydrogens is 394 g/mol. The van der Waals surface area contributed by atoms with Gasteiger partial charge in [0.2, 0.25) is 5.88 Å². The molecule has 2 aromatic heterocycles. The molecule has 0 spiro atoms. The number of ether oxygens (including phenoxy) is 2. The number of nitrogens with zero attached hydrogens (tertiary/aromatic N) is 2. The molecule has 0 aliphatic carbocycles. The molecule has 0 aliphatic heterocycles. The normalized spacial score (nSPS) is 10.5. The number of amides is 1. The number of rotatable bonds is 7. The number of furan rings is 1. The van der Waals surface area contributed by atoms with Gasteiger partial charge in [-0.15, -0.1) is 10.2 Å². The van der Waals surface area contributed by atoms with Crippen LogP contribution in [0.3, 0.4) is 0 Å². The van der Waals surface area contributed by atoms with Crippen LogP contribution in [0.5, 0.6) is 17.4 Å². The van der Waals surface area contributed by atoms with Gasteiger partial charge in [0, 0.05) is 17.2 Å².